The normalized spacial score (nSPS) is 11.8. The molecule has 0 spiro atoms. The fourth-order valence-electron chi connectivity index (χ4n) is 1.94. The number of ether oxygens (including phenoxy) is 1. The summed E-state index contributed by atoms with van der Waals surface area (Å²) in [4.78, 5) is 12.1. The molecule has 2 aromatic carbocycles. The maximum Gasteiger partial charge on any atom is 0.387 e. The molecule has 0 aromatic heterocycles. The van der Waals surface area contributed by atoms with Crippen molar-refractivity contribution >= 4 is 21.9 Å². The van der Waals surface area contributed by atoms with Crippen LogP contribution in [0.4, 0.5) is 8.78 Å². The van der Waals surface area contributed by atoms with Crippen LogP contribution in [-0.2, 0) is 10.0 Å². The van der Waals surface area contributed by atoms with E-state index in [0.717, 1.165) is 0 Å². The minimum atomic E-state index is -3.55. The Morgan fingerprint density at radius 3 is 2.20 bits per heavy atom. The fraction of sp³-hybridized carbons (Fsp3) is 0.118. The Balaban J connectivity index is 2.07. The summed E-state index contributed by atoms with van der Waals surface area (Å²) < 4.78 is 53.8. The molecule has 0 aliphatic carbocycles. The van der Waals surface area contributed by atoms with Crippen LogP contribution in [0.3, 0.4) is 0 Å². The smallest absolute Gasteiger partial charge is 0.387 e. The van der Waals surface area contributed by atoms with E-state index < -0.39 is 16.6 Å². The fourth-order valence-corrected chi connectivity index (χ4v) is 2.67. The first kappa shape index (κ1) is 18.8. The lowest BCUT2D eigenvalue weighted by molar-refractivity contribution is -0.0498. The van der Waals surface area contributed by atoms with Crippen molar-refractivity contribution in [2.75, 3.05) is 7.05 Å². The number of carbonyl (C=O) groups is 1. The molecular weight excluding hydrogens is 352 g/mol. The van der Waals surface area contributed by atoms with Crippen LogP contribution >= 0.6 is 0 Å². The number of hydrogen-bond donors (Lipinski definition) is 1. The molecule has 132 valence electrons. The Hall–Kier alpha value is -2.58. The first-order valence-corrected chi connectivity index (χ1v) is 8.61. The highest BCUT2D eigenvalue weighted by atomic mass is 32.2. The van der Waals surface area contributed by atoms with Crippen LogP contribution in [0.1, 0.15) is 15.9 Å². The van der Waals surface area contributed by atoms with E-state index in [1.807, 2.05) is 0 Å². The maximum atomic E-state index is 12.1. The Morgan fingerprint density at radius 2 is 1.68 bits per heavy atom. The van der Waals surface area contributed by atoms with Crippen molar-refractivity contribution in [1.82, 2.24) is 4.72 Å². The molecule has 2 rings (SSSR count). The predicted octanol–water partition coefficient (Wildman–Crippen LogP) is 3.09. The summed E-state index contributed by atoms with van der Waals surface area (Å²) in [6.07, 6.45) is 2.83. The van der Waals surface area contributed by atoms with Crippen LogP contribution in [0.25, 0.3) is 6.08 Å². The van der Waals surface area contributed by atoms with Crippen molar-refractivity contribution in [3.05, 3.63) is 65.7 Å². The van der Waals surface area contributed by atoms with Gasteiger partial charge in [-0.15, -0.1) is 0 Å². The largest absolute Gasteiger partial charge is 0.435 e. The third-order valence-electron chi connectivity index (χ3n) is 3.25. The second kappa shape index (κ2) is 8.00. The summed E-state index contributed by atoms with van der Waals surface area (Å²) in [5, 5.41) is 0. The Kier molecular flexibility index (Phi) is 6.00. The zero-order valence-electron chi connectivity index (χ0n) is 13.1. The van der Waals surface area contributed by atoms with E-state index in [4.69, 9.17) is 0 Å². The van der Waals surface area contributed by atoms with Gasteiger partial charge >= 0.3 is 6.61 Å². The minimum Gasteiger partial charge on any atom is -0.435 e. The molecule has 0 bridgehead atoms. The predicted molar refractivity (Wildman–Crippen MR) is 89.1 cm³/mol. The topological polar surface area (TPSA) is 72.5 Å². The molecule has 0 aliphatic rings. The number of carbonyl (C=O) groups excluding carboxylic acids is 1. The monoisotopic (exact) mass is 367 g/mol. The Labute approximate surface area is 144 Å². The number of ketones is 1. The van der Waals surface area contributed by atoms with Gasteiger partial charge in [0, 0.05) is 5.56 Å². The molecule has 2 aromatic rings. The van der Waals surface area contributed by atoms with Gasteiger partial charge in [0.1, 0.15) is 5.75 Å². The van der Waals surface area contributed by atoms with Gasteiger partial charge in [0.05, 0.1) is 4.90 Å². The van der Waals surface area contributed by atoms with Crippen molar-refractivity contribution in [3.8, 4) is 5.75 Å². The number of sulfonamides is 1. The van der Waals surface area contributed by atoms with Crippen LogP contribution in [0, 0.1) is 0 Å². The van der Waals surface area contributed by atoms with Gasteiger partial charge in [-0.25, -0.2) is 13.1 Å². The summed E-state index contributed by atoms with van der Waals surface area (Å²) in [7, 11) is -2.25. The van der Waals surface area contributed by atoms with E-state index in [1.165, 1.54) is 67.7 Å². The number of benzene rings is 2. The quantitative estimate of drug-likeness (QED) is 0.603. The molecule has 1 N–H and O–H groups in total. The summed E-state index contributed by atoms with van der Waals surface area (Å²) in [5.41, 5.74) is 0.952. The molecule has 0 radical (unpaired) electrons. The van der Waals surface area contributed by atoms with Gasteiger partial charge in [-0.1, -0.05) is 18.2 Å². The SMILES string of the molecule is CNS(=O)(=O)c1ccc(C(=O)C=Cc2ccc(OC(F)F)cc2)cc1. The summed E-state index contributed by atoms with van der Waals surface area (Å²) in [6.45, 7) is -2.89. The van der Waals surface area contributed by atoms with Crippen LogP contribution in [0.15, 0.2) is 59.5 Å². The highest BCUT2D eigenvalue weighted by Gasteiger charge is 2.11. The van der Waals surface area contributed by atoms with E-state index in [1.54, 1.807) is 0 Å². The molecule has 0 amide bonds. The van der Waals surface area contributed by atoms with Gasteiger partial charge in [0.25, 0.3) is 0 Å². The Morgan fingerprint density at radius 1 is 1.08 bits per heavy atom. The van der Waals surface area contributed by atoms with E-state index in [9.17, 15) is 22.0 Å². The summed E-state index contributed by atoms with van der Waals surface area (Å²) in [5.74, 6) is -0.291. The first-order chi connectivity index (χ1) is 11.8. The van der Waals surface area contributed by atoms with Crippen LogP contribution in [0.2, 0.25) is 0 Å². The van der Waals surface area contributed by atoms with Crippen LogP contribution in [0.5, 0.6) is 5.75 Å². The lowest BCUT2D eigenvalue weighted by atomic mass is 10.1. The molecule has 8 heteroatoms. The average Bonchev–Trinajstić information content (AvgIpc) is 2.60. The Bertz CT molecular complexity index is 861. The maximum absolute atomic E-state index is 12.1. The van der Waals surface area contributed by atoms with E-state index in [0.29, 0.717) is 11.1 Å². The van der Waals surface area contributed by atoms with E-state index >= 15 is 0 Å². The zero-order chi connectivity index (χ0) is 18.4. The molecule has 0 saturated carbocycles. The number of alkyl halides is 2. The highest BCUT2D eigenvalue weighted by Crippen LogP contribution is 2.16. The van der Waals surface area contributed by atoms with Gasteiger partial charge in [0.15, 0.2) is 5.78 Å². The third kappa shape index (κ3) is 5.20. The molecule has 0 atom stereocenters. The molecule has 0 saturated heterocycles. The first-order valence-electron chi connectivity index (χ1n) is 7.13. The zero-order valence-corrected chi connectivity index (χ0v) is 14.0. The number of halogens is 2. The van der Waals surface area contributed by atoms with E-state index in [-0.39, 0.29) is 16.4 Å². The standard InChI is InChI=1S/C17H15F2NO4S/c1-20-25(22,23)15-9-5-13(6-10-15)16(21)11-4-12-2-7-14(8-3-12)24-17(18)19/h2-11,17,20H,1H3. The second-order valence-corrected chi connectivity index (χ2v) is 6.76. The van der Waals surface area contributed by atoms with Crippen molar-refractivity contribution in [2.45, 2.75) is 11.5 Å². The van der Waals surface area contributed by atoms with E-state index in [2.05, 4.69) is 9.46 Å². The summed E-state index contributed by atoms with van der Waals surface area (Å²) >= 11 is 0. The lowest BCUT2D eigenvalue weighted by Crippen LogP contribution is -2.18. The van der Waals surface area contributed by atoms with Crippen molar-refractivity contribution in [3.63, 3.8) is 0 Å². The van der Waals surface area contributed by atoms with Crippen LogP contribution < -0.4 is 9.46 Å². The molecule has 0 unspecified atom stereocenters. The molecule has 0 fully saturated rings. The second-order valence-electron chi connectivity index (χ2n) is 4.88. The molecule has 0 heterocycles. The summed E-state index contributed by atoms with van der Waals surface area (Å²) in [6, 6.07) is 11.3. The van der Waals surface area contributed by atoms with Crippen LogP contribution in [-0.4, -0.2) is 27.9 Å². The van der Waals surface area contributed by atoms with Crippen molar-refractivity contribution in [1.29, 1.82) is 0 Å². The van der Waals surface area contributed by atoms with Gasteiger partial charge in [-0.3, -0.25) is 4.79 Å². The molecular formula is C17H15F2NO4S. The van der Waals surface area contributed by atoms with Gasteiger partial charge < -0.3 is 4.74 Å². The molecule has 5 nitrogen and oxygen atoms in total. The lowest BCUT2D eigenvalue weighted by Gasteiger charge is -2.04. The highest BCUT2D eigenvalue weighted by molar-refractivity contribution is 7.89. The minimum absolute atomic E-state index is 0.0276. The number of rotatable bonds is 7. The third-order valence-corrected chi connectivity index (χ3v) is 4.68. The van der Waals surface area contributed by atoms with Gasteiger partial charge in [-0.2, -0.15) is 8.78 Å². The van der Waals surface area contributed by atoms with Gasteiger partial charge in [-0.05, 0) is 55.1 Å². The number of allylic oxidation sites excluding steroid dienone is 1. The van der Waals surface area contributed by atoms with Crippen molar-refractivity contribution < 1.29 is 26.7 Å². The molecule has 0 aliphatic heterocycles. The van der Waals surface area contributed by atoms with Crippen molar-refractivity contribution in [2.24, 2.45) is 0 Å². The molecule has 25 heavy (non-hydrogen) atoms. The number of hydrogen-bond acceptors (Lipinski definition) is 4. The number of nitrogens with one attached hydrogen (secondary N) is 1. The van der Waals surface area contributed by atoms with Gasteiger partial charge in [0.2, 0.25) is 10.0 Å². The average molecular weight is 367 g/mol.